The average molecular weight is 447 g/mol. The summed E-state index contributed by atoms with van der Waals surface area (Å²) in [5.41, 5.74) is 10.3. The van der Waals surface area contributed by atoms with E-state index in [9.17, 15) is 33.6 Å². The number of amides is 4. The van der Waals surface area contributed by atoms with Crippen LogP contribution in [0.1, 0.15) is 32.1 Å². The molecule has 3 atom stereocenters. The highest BCUT2D eigenvalue weighted by molar-refractivity contribution is 5.93. The molecular formula is C16H25N5O10. The zero-order valence-electron chi connectivity index (χ0n) is 16.3. The molecule has 0 aliphatic heterocycles. The van der Waals surface area contributed by atoms with E-state index >= 15 is 0 Å². The molecule has 0 rings (SSSR count). The minimum absolute atomic E-state index is 0.301. The van der Waals surface area contributed by atoms with Crippen LogP contribution in [-0.2, 0) is 33.6 Å². The lowest BCUT2D eigenvalue weighted by atomic mass is 10.1. The number of carbonyl (C=O) groups is 7. The third kappa shape index (κ3) is 12.4. The van der Waals surface area contributed by atoms with Crippen molar-refractivity contribution in [2.24, 2.45) is 11.5 Å². The molecule has 174 valence electrons. The maximum Gasteiger partial charge on any atom is 0.326 e. The summed E-state index contributed by atoms with van der Waals surface area (Å²) in [6.07, 6.45) is -2.29. The first kappa shape index (κ1) is 27.2. The van der Waals surface area contributed by atoms with Crippen LogP contribution in [0.2, 0.25) is 0 Å². The molecule has 0 aliphatic rings. The monoisotopic (exact) mass is 447 g/mol. The molecule has 31 heavy (non-hydrogen) atoms. The summed E-state index contributed by atoms with van der Waals surface area (Å²) in [4.78, 5) is 79.3. The summed E-state index contributed by atoms with van der Waals surface area (Å²) in [6.45, 7) is -0.687. The van der Waals surface area contributed by atoms with Crippen molar-refractivity contribution in [2.45, 2.75) is 50.2 Å². The van der Waals surface area contributed by atoms with Gasteiger partial charge in [-0.05, 0) is 12.8 Å². The minimum Gasteiger partial charge on any atom is -0.481 e. The van der Waals surface area contributed by atoms with Gasteiger partial charge in [0.05, 0.1) is 19.0 Å². The molecule has 0 aromatic heterocycles. The molecule has 0 fully saturated rings. The molecule has 0 aromatic rings. The Morgan fingerprint density at radius 3 is 1.84 bits per heavy atom. The average Bonchev–Trinajstić information content (AvgIpc) is 2.64. The summed E-state index contributed by atoms with van der Waals surface area (Å²) < 4.78 is 0. The molecule has 15 nitrogen and oxygen atoms in total. The Labute approximate surface area is 175 Å². The summed E-state index contributed by atoms with van der Waals surface area (Å²) >= 11 is 0. The van der Waals surface area contributed by atoms with Gasteiger partial charge in [-0.25, -0.2) is 4.79 Å². The number of carboxylic acids is 3. The Morgan fingerprint density at radius 2 is 1.35 bits per heavy atom. The van der Waals surface area contributed by atoms with Gasteiger partial charge in [-0.2, -0.15) is 0 Å². The van der Waals surface area contributed by atoms with Gasteiger partial charge in [0.15, 0.2) is 0 Å². The van der Waals surface area contributed by atoms with Gasteiger partial charge in [0.1, 0.15) is 12.1 Å². The maximum atomic E-state index is 12.4. The molecule has 0 aromatic carbocycles. The van der Waals surface area contributed by atoms with Crippen molar-refractivity contribution in [3.8, 4) is 0 Å². The second-order valence-electron chi connectivity index (χ2n) is 6.38. The van der Waals surface area contributed by atoms with E-state index in [1.54, 1.807) is 0 Å². The van der Waals surface area contributed by atoms with E-state index in [-0.39, 0.29) is 12.8 Å². The highest BCUT2D eigenvalue weighted by Crippen LogP contribution is 2.03. The van der Waals surface area contributed by atoms with Gasteiger partial charge in [-0.3, -0.25) is 28.8 Å². The number of rotatable bonds is 15. The fourth-order valence-corrected chi connectivity index (χ4v) is 2.18. The number of primary amides is 1. The van der Waals surface area contributed by atoms with Crippen molar-refractivity contribution in [1.82, 2.24) is 16.0 Å². The van der Waals surface area contributed by atoms with Gasteiger partial charge in [0.25, 0.3) is 0 Å². The molecule has 4 amide bonds. The van der Waals surface area contributed by atoms with Crippen LogP contribution in [-0.4, -0.2) is 81.5 Å². The third-order valence-corrected chi connectivity index (χ3v) is 3.75. The normalized spacial score (nSPS) is 13.2. The first-order chi connectivity index (χ1) is 14.3. The lowest BCUT2D eigenvalue weighted by molar-refractivity contribution is -0.143. The van der Waals surface area contributed by atoms with Crippen molar-refractivity contribution >= 4 is 41.5 Å². The van der Waals surface area contributed by atoms with Crippen LogP contribution in [0.15, 0.2) is 0 Å². The van der Waals surface area contributed by atoms with Crippen molar-refractivity contribution in [3.05, 3.63) is 0 Å². The van der Waals surface area contributed by atoms with Crippen LogP contribution in [0.3, 0.4) is 0 Å². The minimum atomic E-state index is -1.56. The van der Waals surface area contributed by atoms with Crippen LogP contribution in [0.25, 0.3) is 0 Å². The molecule has 0 saturated carbocycles. The molecule has 0 radical (unpaired) electrons. The summed E-state index contributed by atoms with van der Waals surface area (Å²) in [7, 11) is 0. The highest BCUT2D eigenvalue weighted by Gasteiger charge is 2.27. The van der Waals surface area contributed by atoms with Crippen LogP contribution in [0, 0.1) is 0 Å². The predicted octanol–water partition coefficient (Wildman–Crippen LogP) is -3.91. The highest BCUT2D eigenvalue weighted by atomic mass is 16.4. The van der Waals surface area contributed by atoms with Crippen molar-refractivity contribution in [1.29, 1.82) is 0 Å². The third-order valence-electron chi connectivity index (χ3n) is 3.75. The Balaban J connectivity index is 5.01. The van der Waals surface area contributed by atoms with E-state index in [2.05, 4.69) is 16.0 Å². The number of nitrogens with two attached hydrogens (primary N) is 2. The topological polar surface area (TPSA) is 268 Å². The molecular weight excluding hydrogens is 422 g/mol. The Kier molecular flexibility index (Phi) is 11.8. The largest absolute Gasteiger partial charge is 0.481 e. The van der Waals surface area contributed by atoms with Gasteiger partial charge in [-0.15, -0.1) is 0 Å². The van der Waals surface area contributed by atoms with Gasteiger partial charge >= 0.3 is 17.9 Å². The number of hydrogen-bond acceptors (Lipinski definition) is 8. The van der Waals surface area contributed by atoms with E-state index < -0.39 is 85.5 Å². The standard InChI is InChI=1S/C16H25N5O10/c17-7(5-13(26)27)14(28)19-6-11(23)20-8(1-3-10(18)22)15(29)21-9(16(30)31)2-4-12(24)25/h7-9H,1-6,17H2,(H2,18,22)(H,19,28)(H,20,23)(H,21,29)(H,24,25)(H,26,27)(H,30,31). The molecule has 10 N–H and O–H groups in total. The van der Waals surface area contributed by atoms with Crippen LogP contribution < -0.4 is 27.4 Å². The summed E-state index contributed by atoms with van der Waals surface area (Å²) in [5.74, 6) is -7.79. The number of carbonyl (C=O) groups excluding carboxylic acids is 4. The summed E-state index contributed by atoms with van der Waals surface area (Å²) in [5, 5.41) is 32.6. The van der Waals surface area contributed by atoms with E-state index in [0.717, 1.165) is 0 Å². The molecule has 0 spiro atoms. The molecule has 0 bridgehead atoms. The summed E-state index contributed by atoms with van der Waals surface area (Å²) in [6, 6.07) is -4.40. The van der Waals surface area contributed by atoms with Crippen molar-refractivity contribution in [2.75, 3.05) is 6.54 Å². The maximum absolute atomic E-state index is 12.4. The zero-order valence-corrected chi connectivity index (χ0v) is 16.3. The molecule has 3 unspecified atom stereocenters. The zero-order chi connectivity index (χ0) is 24.1. The van der Waals surface area contributed by atoms with E-state index in [0.29, 0.717) is 0 Å². The number of hydrogen-bond donors (Lipinski definition) is 8. The fourth-order valence-electron chi connectivity index (χ4n) is 2.18. The molecule has 0 saturated heterocycles. The van der Waals surface area contributed by atoms with Gasteiger partial charge in [0, 0.05) is 12.8 Å². The second kappa shape index (κ2) is 13.5. The Bertz CT molecular complexity index is 726. The van der Waals surface area contributed by atoms with Crippen LogP contribution in [0.4, 0.5) is 0 Å². The second-order valence-corrected chi connectivity index (χ2v) is 6.38. The number of aliphatic carboxylic acids is 3. The predicted molar refractivity (Wildman–Crippen MR) is 100 cm³/mol. The first-order valence-corrected chi connectivity index (χ1v) is 8.91. The van der Waals surface area contributed by atoms with E-state index in [1.807, 2.05) is 0 Å². The number of carboxylic acid groups (broad SMARTS) is 3. The quantitative estimate of drug-likeness (QED) is 0.120. The van der Waals surface area contributed by atoms with Crippen LogP contribution >= 0.6 is 0 Å². The fraction of sp³-hybridized carbons (Fsp3) is 0.562. The smallest absolute Gasteiger partial charge is 0.326 e. The molecule has 0 aliphatic carbocycles. The number of nitrogens with one attached hydrogen (secondary N) is 3. The first-order valence-electron chi connectivity index (χ1n) is 8.91. The Morgan fingerprint density at radius 1 is 0.774 bits per heavy atom. The lowest BCUT2D eigenvalue weighted by Gasteiger charge is -2.21. The van der Waals surface area contributed by atoms with E-state index in [4.69, 9.17) is 26.8 Å². The van der Waals surface area contributed by atoms with Gasteiger partial charge < -0.3 is 42.7 Å². The molecule has 15 heteroatoms. The van der Waals surface area contributed by atoms with Crippen LogP contribution in [0.5, 0.6) is 0 Å². The molecule has 0 heterocycles. The van der Waals surface area contributed by atoms with Gasteiger partial charge in [-0.1, -0.05) is 0 Å². The van der Waals surface area contributed by atoms with Gasteiger partial charge in [0.2, 0.25) is 23.6 Å². The SMILES string of the molecule is NC(=O)CCC(NC(=O)CNC(=O)C(N)CC(=O)O)C(=O)NC(CCC(=O)O)C(=O)O. The van der Waals surface area contributed by atoms with E-state index in [1.165, 1.54) is 0 Å². The van der Waals surface area contributed by atoms with Crippen molar-refractivity contribution < 1.29 is 48.9 Å². The Hall–Kier alpha value is -3.75. The lowest BCUT2D eigenvalue weighted by Crippen LogP contribution is -2.54. The van der Waals surface area contributed by atoms with Crippen molar-refractivity contribution in [3.63, 3.8) is 0 Å².